The van der Waals surface area contributed by atoms with Crippen LogP contribution < -0.4 is 14.8 Å². The van der Waals surface area contributed by atoms with E-state index in [2.05, 4.69) is 47.8 Å². The molecule has 0 saturated carbocycles. The SMILES string of the molecule is c1ccc(CCC[NH2+]Cc2ccc3c(c2)OCCO3)cc1. The normalized spacial score (nSPS) is 13.1. The Bertz CT molecular complexity index is 569. The maximum Gasteiger partial charge on any atom is 0.161 e. The van der Waals surface area contributed by atoms with E-state index in [-0.39, 0.29) is 0 Å². The fraction of sp³-hybridized carbons (Fsp3) is 0.333. The molecule has 3 rings (SSSR count). The van der Waals surface area contributed by atoms with E-state index in [1.165, 1.54) is 17.5 Å². The van der Waals surface area contributed by atoms with Crippen molar-refractivity contribution in [3.8, 4) is 11.5 Å². The van der Waals surface area contributed by atoms with Gasteiger partial charge in [-0.15, -0.1) is 0 Å². The predicted octanol–water partition coefficient (Wildman–Crippen LogP) is 2.15. The molecule has 0 aromatic heterocycles. The highest BCUT2D eigenvalue weighted by atomic mass is 16.6. The van der Waals surface area contributed by atoms with Crippen molar-refractivity contribution in [1.29, 1.82) is 0 Å². The average molecular weight is 284 g/mol. The molecule has 3 heteroatoms. The van der Waals surface area contributed by atoms with E-state index < -0.39 is 0 Å². The molecule has 0 saturated heterocycles. The fourth-order valence-corrected chi connectivity index (χ4v) is 2.58. The van der Waals surface area contributed by atoms with Gasteiger partial charge in [-0.1, -0.05) is 30.3 Å². The van der Waals surface area contributed by atoms with Gasteiger partial charge in [-0.3, -0.25) is 0 Å². The van der Waals surface area contributed by atoms with Crippen molar-refractivity contribution in [3.05, 3.63) is 59.7 Å². The molecule has 1 aliphatic heterocycles. The van der Waals surface area contributed by atoms with Crippen LogP contribution in [0.3, 0.4) is 0 Å². The summed E-state index contributed by atoms with van der Waals surface area (Å²) in [5.41, 5.74) is 2.71. The maximum absolute atomic E-state index is 5.61. The summed E-state index contributed by atoms with van der Waals surface area (Å²) in [5.74, 6) is 1.76. The summed E-state index contributed by atoms with van der Waals surface area (Å²) < 4.78 is 11.1. The van der Waals surface area contributed by atoms with Crippen molar-refractivity contribution < 1.29 is 14.8 Å². The van der Waals surface area contributed by atoms with Gasteiger partial charge in [0.15, 0.2) is 11.5 Å². The molecule has 0 unspecified atom stereocenters. The summed E-state index contributed by atoms with van der Waals surface area (Å²) in [4.78, 5) is 0. The number of nitrogens with two attached hydrogens (primary N) is 1. The predicted molar refractivity (Wildman–Crippen MR) is 82.7 cm³/mol. The van der Waals surface area contributed by atoms with Gasteiger partial charge in [-0.25, -0.2) is 0 Å². The lowest BCUT2D eigenvalue weighted by atomic mass is 10.1. The highest BCUT2D eigenvalue weighted by molar-refractivity contribution is 5.43. The third-order valence-corrected chi connectivity index (χ3v) is 3.70. The molecule has 0 amide bonds. The molecule has 3 nitrogen and oxygen atoms in total. The molecular formula is C18H22NO2+. The third kappa shape index (κ3) is 3.99. The second-order valence-electron chi connectivity index (χ2n) is 5.35. The van der Waals surface area contributed by atoms with Crippen molar-refractivity contribution in [2.24, 2.45) is 0 Å². The van der Waals surface area contributed by atoms with Gasteiger partial charge in [-0.05, 0) is 30.2 Å². The molecule has 0 radical (unpaired) electrons. The van der Waals surface area contributed by atoms with Crippen molar-refractivity contribution in [1.82, 2.24) is 0 Å². The number of aryl methyl sites for hydroxylation is 1. The summed E-state index contributed by atoms with van der Waals surface area (Å²) in [7, 11) is 0. The van der Waals surface area contributed by atoms with Crippen LogP contribution in [0, 0.1) is 0 Å². The number of fused-ring (bicyclic) bond motifs is 1. The highest BCUT2D eigenvalue weighted by Gasteiger charge is 2.11. The minimum absolute atomic E-state index is 0.650. The van der Waals surface area contributed by atoms with E-state index in [1.807, 2.05) is 6.07 Å². The zero-order valence-corrected chi connectivity index (χ0v) is 12.3. The van der Waals surface area contributed by atoms with Gasteiger partial charge in [-0.2, -0.15) is 0 Å². The number of ether oxygens (including phenoxy) is 2. The quantitative estimate of drug-likeness (QED) is 0.825. The Hall–Kier alpha value is -2.00. The van der Waals surface area contributed by atoms with Gasteiger partial charge in [0.2, 0.25) is 0 Å². The van der Waals surface area contributed by atoms with Gasteiger partial charge in [0.25, 0.3) is 0 Å². The molecule has 0 bridgehead atoms. The van der Waals surface area contributed by atoms with Crippen LogP contribution in [0.15, 0.2) is 48.5 Å². The maximum atomic E-state index is 5.61. The Morgan fingerprint density at radius 1 is 0.857 bits per heavy atom. The fourth-order valence-electron chi connectivity index (χ4n) is 2.58. The Morgan fingerprint density at radius 2 is 1.67 bits per heavy atom. The van der Waals surface area contributed by atoms with Crippen molar-refractivity contribution >= 4 is 0 Å². The third-order valence-electron chi connectivity index (χ3n) is 3.70. The van der Waals surface area contributed by atoms with Crippen LogP contribution in [0.1, 0.15) is 17.5 Å². The first kappa shape index (κ1) is 14.0. The van der Waals surface area contributed by atoms with E-state index in [4.69, 9.17) is 9.47 Å². The number of hydrogen-bond donors (Lipinski definition) is 1. The molecule has 0 spiro atoms. The molecule has 1 heterocycles. The van der Waals surface area contributed by atoms with Gasteiger partial charge in [0.1, 0.15) is 19.8 Å². The lowest BCUT2D eigenvalue weighted by Gasteiger charge is -2.18. The average Bonchev–Trinajstić information content (AvgIpc) is 2.55. The monoisotopic (exact) mass is 284 g/mol. The Kier molecular flexibility index (Phi) is 4.74. The lowest BCUT2D eigenvalue weighted by molar-refractivity contribution is -0.670. The van der Waals surface area contributed by atoms with E-state index >= 15 is 0 Å². The minimum Gasteiger partial charge on any atom is -0.486 e. The topological polar surface area (TPSA) is 35.1 Å². The van der Waals surface area contributed by atoms with E-state index in [0.29, 0.717) is 13.2 Å². The van der Waals surface area contributed by atoms with Crippen molar-refractivity contribution in [3.63, 3.8) is 0 Å². The molecule has 0 atom stereocenters. The van der Waals surface area contributed by atoms with Crippen LogP contribution in [-0.4, -0.2) is 19.8 Å². The van der Waals surface area contributed by atoms with Crippen LogP contribution in [-0.2, 0) is 13.0 Å². The van der Waals surface area contributed by atoms with Gasteiger partial charge in [0, 0.05) is 12.0 Å². The Labute approximate surface area is 125 Å². The molecule has 110 valence electrons. The zero-order chi connectivity index (χ0) is 14.3. The van der Waals surface area contributed by atoms with Gasteiger partial charge in [0.05, 0.1) is 6.54 Å². The van der Waals surface area contributed by atoms with Crippen molar-refractivity contribution in [2.45, 2.75) is 19.4 Å². The summed E-state index contributed by atoms with van der Waals surface area (Å²) >= 11 is 0. The van der Waals surface area contributed by atoms with Crippen LogP contribution in [0.2, 0.25) is 0 Å². The first-order chi connectivity index (χ1) is 10.4. The molecule has 21 heavy (non-hydrogen) atoms. The largest absolute Gasteiger partial charge is 0.486 e. The molecule has 0 fully saturated rings. The molecule has 2 aromatic carbocycles. The summed E-state index contributed by atoms with van der Waals surface area (Å²) in [6.45, 7) is 3.43. The van der Waals surface area contributed by atoms with Gasteiger partial charge < -0.3 is 14.8 Å². The number of rotatable bonds is 6. The smallest absolute Gasteiger partial charge is 0.161 e. The lowest BCUT2D eigenvalue weighted by Crippen LogP contribution is -2.82. The summed E-state index contributed by atoms with van der Waals surface area (Å²) in [6.07, 6.45) is 2.35. The number of quaternary nitrogens is 1. The van der Waals surface area contributed by atoms with Crippen LogP contribution in [0.5, 0.6) is 11.5 Å². The number of benzene rings is 2. The second-order valence-corrected chi connectivity index (χ2v) is 5.35. The molecule has 2 N–H and O–H groups in total. The van der Waals surface area contributed by atoms with E-state index in [0.717, 1.165) is 31.0 Å². The van der Waals surface area contributed by atoms with Crippen LogP contribution >= 0.6 is 0 Å². The van der Waals surface area contributed by atoms with Crippen molar-refractivity contribution in [2.75, 3.05) is 19.8 Å². The Balaban J connectivity index is 1.41. The zero-order valence-electron chi connectivity index (χ0n) is 12.3. The van der Waals surface area contributed by atoms with E-state index in [1.54, 1.807) is 0 Å². The molecule has 2 aromatic rings. The standard InChI is InChI=1S/C18H21NO2/c1-2-5-15(6-3-1)7-4-10-19-14-16-8-9-17-18(13-16)21-12-11-20-17/h1-3,5-6,8-9,13,19H,4,7,10-12,14H2/p+1. The second kappa shape index (κ2) is 7.14. The molecule has 0 aliphatic carbocycles. The molecular weight excluding hydrogens is 262 g/mol. The van der Waals surface area contributed by atoms with Crippen LogP contribution in [0.25, 0.3) is 0 Å². The van der Waals surface area contributed by atoms with Crippen LogP contribution in [0.4, 0.5) is 0 Å². The number of hydrogen-bond acceptors (Lipinski definition) is 2. The summed E-state index contributed by atoms with van der Waals surface area (Å²) in [5, 5.41) is 2.36. The Morgan fingerprint density at radius 3 is 2.52 bits per heavy atom. The molecule has 1 aliphatic rings. The first-order valence-corrected chi connectivity index (χ1v) is 7.66. The summed E-state index contributed by atoms with van der Waals surface area (Å²) in [6, 6.07) is 16.9. The van der Waals surface area contributed by atoms with E-state index in [9.17, 15) is 0 Å². The first-order valence-electron chi connectivity index (χ1n) is 7.66. The minimum atomic E-state index is 0.650. The van der Waals surface area contributed by atoms with Gasteiger partial charge >= 0.3 is 0 Å². The highest BCUT2D eigenvalue weighted by Crippen LogP contribution is 2.30.